The van der Waals surface area contributed by atoms with Gasteiger partial charge < -0.3 is 4.12 Å². The first-order valence-corrected chi connectivity index (χ1v) is 7.49. The Balaban J connectivity index is 3.37. The Morgan fingerprint density at radius 2 is 2.00 bits per heavy atom. The smallest absolute Gasteiger partial charge is 0.211 e. The summed E-state index contributed by atoms with van der Waals surface area (Å²) in [6.07, 6.45) is 0. The van der Waals surface area contributed by atoms with Gasteiger partial charge in [0.25, 0.3) is 0 Å². The van der Waals surface area contributed by atoms with E-state index in [1.807, 2.05) is 0 Å². The quantitative estimate of drug-likeness (QED) is 0.553. The normalized spacial score (nSPS) is 12.0. The summed E-state index contributed by atoms with van der Waals surface area (Å²) in [5.74, 6) is 0. The predicted molar refractivity (Wildman–Crippen MR) is 40.7 cm³/mol. The van der Waals surface area contributed by atoms with E-state index in [-0.39, 0.29) is 0 Å². The van der Waals surface area contributed by atoms with E-state index in [9.17, 15) is 0 Å². The Morgan fingerprint density at radius 1 is 1.50 bits per heavy atom. The molecule has 0 aliphatic rings. The second-order valence-electron chi connectivity index (χ2n) is 2.42. The second-order valence-corrected chi connectivity index (χ2v) is 7.87. The first-order valence-electron chi connectivity index (χ1n) is 2.97. The fourth-order valence-corrected chi connectivity index (χ4v) is 3.14. The fourth-order valence-electron chi connectivity index (χ4n) is 0.348. The van der Waals surface area contributed by atoms with Crippen molar-refractivity contribution in [3.8, 4) is 0 Å². The van der Waals surface area contributed by atoms with Gasteiger partial charge in [0.1, 0.15) is 0 Å². The van der Waals surface area contributed by atoms with Gasteiger partial charge in [-0.3, -0.25) is 0 Å². The number of rotatable bonds is 3. The molecule has 2 radical (unpaired) electrons. The summed E-state index contributed by atoms with van der Waals surface area (Å²) in [5.41, 5.74) is 0. The number of hydrogen-bond acceptors (Lipinski definition) is 1. The maximum Gasteiger partial charge on any atom is 0.211 e. The van der Waals surface area contributed by atoms with E-state index in [4.69, 9.17) is 4.12 Å². The van der Waals surface area contributed by atoms with Crippen LogP contribution in [0.25, 0.3) is 0 Å². The van der Waals surface area contributed by atoms with Crippen molar-refractivity contribution in [1.29, 1.82) is 0 Å². The summed E-state index contributed by atoms with van der Waals surface area (Å²) in [6, 6.07) is 1.23. The Hall–Kier alpha value is 0.394. The van der Waals surface area contributed by atoms with E-state index in [2.05, 4.69) is 26.6 Å². The van der Waals surface area contributed by atoms with Crippen LogP contribution in [0.15, 0.2) is 0 Å². The van der Waals surface area contributed by atoms with Crippen molar-refractivity contribution in [3.05, 3.63) is 0 Å². The summed E-state index contributed by atoms with van der Waals surface area (Å²) in [5, 5.41) is 0. The molecule has 0 saturated carbocycles. The molecule has 0 atom stereocenters. The van der Waals surface area contributed by atoms with Crippen LogP contribution in [-0.4, -0.2) is 18.1 Å². The Kier molecular flexibility index (Phi) is 3.59. The summed E-state index contributed by atoms with van der Waals surface area (Å²) < 4.78 is 5.55. The monoisotopic (exact) mass is 146 g/mol. The van der Waals surface area contributed by atoms with E-state index < -0.39 is 8.32 Å². The summed E-state index contributed by atoms with van der Waals surface area (Å²) in [6.45, 7) is 8.80. The standard InChI is InChI=1S/C5H14OSi2/c1-5-8(3,4)6-7-2/h5H2,1-4H3. The molecule has 0 spiro atoms. The molecule has 0 heterocycles. The van der Waals surface area contributed by atoms with Crippen molar-refractivity contribution in [2.45, 2.75) is 32.6 Å². The van der Waals surface area contributed by atoms with Gasteiger partial charge in [0, 0.05) is 0 Å². The van der Waals surface area contributed by atoms with Crippen LogP contribution in [0.5, 0.6) is 0 Å². The molecule has 3 heteroatoms. The van der Waals surface area contributed by atoms with Crippen LogP contribution in [0.4, 0.5) is 0 Å². The highest BCUT2D eigenvalue weighted by Gasteiger charge is 2.17. The third-order valence-corrected chi connectivity index (χ3v) is 5.96. The van der Waals surface area contributed by atoms with Crippen LogP contribution in [0.1, 0.15) is 6.92 Å². The van der Waals surface area contributed by atoms with Gasteiger partial charge in [-0.1, -0.05) is 6.92 Å². The van der Waals surface area contributed by atoms with Gasteiger partial charge in [0.15, 0.2) is 8.32 Å². The van der Waals surface area contributed by atoms with Crippen molar-refractivity contribution in [1.82, 2.24) is 0 Å². The minimum absolute atomic E-state index is 0.678. The van der Waals surface area contributed by atoms with Gasteiger partial charge in [-0.05, 0) is 25.7 Å². The molecule has 8 heavy (non-hydrogen) atoms. The lowest BCUT2D eigenvalue weighted by atomic mass is 11.0. The molecule has 0 N–H and O–H groups in total. The highest BCUT2D eigenvalue weighted by molar-refractivity contribution is 6.74. The SMILES string of the molecule is CC[Si](C)(C)O[Si]C. The zero-order valence-electron chi connectivity index (χ0n) is 6.12. The average Bonchev–Trinajstić information content (AvgIpc) is 1.67. The molecule has 0 aromatic carbocycles. The second kappa shape index (κ2) is 3.43. The zero-order chi connectivity index (χ0) is 6.62. The van der Waals surface area contributed by atoms with Crippen molar-refractivity contribution >= 4 is 18.1 Å². The fraction of sp³-hybridized carbons (Fsp3) is 1.00. The Bertz CT molecular complexity index is 63.4. The molecule has 1 nitrogen and oxygen atoms in total. The lowest BCUT2D eigenvalue weighted by molar-refractivity contribution is 0.593. The molecule has 0 aliphatic carbocycles. The van der Waals surface area contributed by atoms with E-state index in [0.29, 0.717) is 9.76 Å². The van der Waals surface area contributed by atoms with Crippen LogP contribution in [-0.2, 0) is 4.12 Å². The topological polar surface area (TPSA) is 9.23 Å². The van der Waals surface area contributed by atoms with E-state index >= 15 is 0 Å². The molecular formula is C5H14OSi2. The third kappa shape index (κ3) is 3.40. The van der Waals surface area contributed by atoms with E-state index in [1.54, 1.807) is 0 Å². The van der Waals surface area contributed by atoms with Crippen molar-refractivity contribution < 1.29 is 4.12 Å². The molecule has 0 bridgehead atoms. The van der Waals surface area contributed by atoms with Gasteiger partial charge in [-0.2, -0.15) is 0 Å². The van der Waals surface area contributed by atoms with Crippen LogP contribution < -0.4 is 0 Å². The van der Waals surface area contributed by atoms with Crippen molar-refractivity contribution in [2.24, 2.45) is 0 Å². The third-order valence-electron chi connectivity index (χ3n) is 1.23. The van der Waals surface area contributed by atoms with Crippen LogP contribution in [0.2, 0.25) is 25.7 Å². The molecule has 0 saturated heterocycles. The first kappa shape index (κ1) is 8.39. The average molecular weight is 146 g/mol. The largest absolute Gasteiger partial charge is 0.456 e. The Labute approximate surface area is 55.5 Å². The highest BCUT2D eigenvalue weighted by Crippen LogP contribution is 2.07. The van der Waals surface area contributed by atoms with E-state index in [1.165, 1.54) is 6.04 Å². The number of hydrogen-bond donors (Lipinski definition) is 0. The van der Waals surface area contributed by atoms with Gasteiger partial charge >= 0.3 is 0 Å². The predicted octanol–water partition coefficient (Wildman–Crippen LogP) is 1.90. The highest BCUT2D eigenvalue weighted by atomic mass is 28.4. The summed E-state index contributed by atoms with van der Waals surface area (Å²) in [7, 11) is -0.487. The van der Waals surface area contributed by atoms with Gasteiger partial charge in [0.05, 0.1) is 0 Å². The van der Waals surface area contributed by atoms with Gasteiger partial charge in [0.2, 0.25) is 9.76 Å². The lowest BCUT2D eigenvalue weighted by Crippen LogP contribution is -2.29. The first-order chi connectivity index (χ1) is 3.62. The van der Waals surface area contributed by atoms with Crippen LogP contribution in [0, 0.1) is 0 Å². The Morgan fingerprint density at radius 3 is 2.12 bits per heavy atom. The van der Waals surface area contributed by atoms with Crippen molar-refractivity contribution in [3.63, 3.8) is 0 Å². The molecule has 0 fully saturated rings. The molecule has 0 amide bonds. The molecular weight excluding hydrogens is 132 g/mol. The van der Waals surface area contributed by atoms with Gasteiger partial charge in [-0.15, -0.1) is 0 Å². The minimum Gasteiger partial charge on any atom is -0.456 e. The van der Waals surface area contributed by atoms with Crippen LogP contribution >= 0.6 is 0 Å². The lowest BCUT2D eigenvalue weighted by Gasteiger charge is -2.18. The summed E-state index contributed by atoms with van der Waals surface area (Å²) >= 11 is 0. The molecule has 0 aromatic rings. The molecule has 0 aromatic heterocycles. The molecule has 0 rings (SSSR count). The van der Waals surface area contributed by atoms with E-state index in [0.717, 1.165) is 0 Å². The maximum atomic E-state index is 5.55. The summed E-state index contributed by atoms with van der Waals surface area (Å²) in [4.78, 5) is 0. The molecule has 48 valence electrons. The molecule has 0 unspecified atom stereocenters. The van der Waals surface area contributed by atoms with Gasteiger partial charge in [-0.25, -0.2) is 0 Å². The van der Waals surface area contributed by atoms with Crippen LogP contribution in [0.3, 0.4) is 0 Å². The zero-order valence-corrected chi connectivity index (χ0v) is 8.12. The maximum absolute atomic E-state index is 5.55. The minimum atomic E-state index is -1.16. The van der Waals surface area contributed by atoms with Crippen molar-refractivity contribution in [2.75, 3.05) is 0 Å². The molecule has 0 aliphatic heterocycles.